The lowest BCUT2D eigenvalue weighted by molar-refractivity contribution is -0.132. The molecule has 1 atom stereocenters. The molecule has 0 bridgehead atoms. The number of nitrogens with one attached hydrogen (secondary N) is 1. The topological polar surface area (TPSA) is 75.0 Å². The van der Waals surface area contributed by atoms with Crippen LogP contribution in [0.15, 0.2) is 71.1 Å². The first-order valence-electron chi connectivity index (χ1n) is 12.6. The van der Waals surface area contributed by atoms with E-state index >= 15 is 0 Å². The van der Waals surface area contributed by atoms with Crippen LogP contribution in [0.5, 0.6) is 0 Å². The highest BCUT2D eigenvalue weighted by atomic mass is 16.5. The summed E-state index contributed by atoms with van der Waals surface area (Å²) in [7, 11) is 0. The Bertz CT molecular complexity index is 1120. The number of urea groups is 1. The van der Waals surface area contributed by atoms with Crippen LogP contribution in [0.2, 0.25) is 0 Å². The molecule has 190 valence electrons. The summed E-state index contributed by atoms with van der Waals surface area (Å²) in [4.78, 5) is 30.2. The van der Waals surface area contributed by atoms with Crippen LogP contribution in [-0.2, 0) is 22.5 Å². The van der Waals surface area contributed by atoms with Gasteiger partial charge in [0.2, 0.25) is 5.91 Å². The predicted molar refractivity (Wildman–Crippen MR) is 140 cm³/mol. The average molecular weight is 490 g/mol. The molecule has 1 saturated heterocycles. The SMILES string of the molecule is Cc1ccc(NC(=O)N(CC(=O)N(CCc2ccccc2)Cc2ccc(C)o2)CC2CCCO2)cc1. The quantitative estimate of drug-likeness (QED) is 0.426. The number of carbonyl (C=O) groups is 2. The van der Waals surface area contributed by atoms with E-state index in [9.17, 15) is 9.59 Å². The molecule has 36 heavy (non-hydrogen) atoms. The van der Waals surface area contributed by atoms with E-state index in [1.807, 2.05) is 68.4 Å². The van der Waals surface area contributed by atoms with Gasteiger partial charge in [0.15, 0.2) is 0 Å². The van der Waals surface area contributed by atoms with E-state index in [4.69, 9.17) is 9.15 Å². The van der Waals surface area contributed by atoms with Gasteiger partial charge in [0.05, 0.1) is 12.6 Å². The molecule has 3 aromatic rings. The van der Waals surface area contributed by atoms with Gasteiger partial charge in [0.1, 0.15) is 18.1 Å². The lowest BCUT2D eigenvalue weighted by Crippen LogP contribution is -2.47. The molecule has 1 fully saturated rings. The zero-order chi connectivity index (χ0) is 25.3. The maximum absolute atomic E-state index is 13.6. The fourth-order valence-electron chi connectivity index (χ4n) is 4.31. The maximum Gasteiger partial charge on any atom is 0.322 e. The fraction of sp³-hybridized carbons (Fsp3) is 0.379. The second kappa shape index (κ2) is 12.4. The van der Waals surface area contributed by atoms with Gasteiger partial charge in [-0.15, -0.1) is 0 Å². The molecule has 0 spiro atoms. The molecule has 7 nitrogen and oxygen atoms in total. The number of amides is 3. The van der Waals surface area contributed by atoms with Crippen molar-refractivity contribution in [2.24, 2.45) is 0 Å². The molecular weight excluding hydrogens is 454 g/mol. The van der Waals surface area contributed by atoms with Gasteiger partial charge in [-0.2, -0.15) is 0 Å². The number of furan rings is 1. The lowest BCUT2D eigenvalue weighted by atomic mass is 10.1. The van der Waals surface area contributed by atoms with Crippen molar-refractivity contribution in [3.63, 3.8) is 0 Å². The van der Waals surface area contributed by atoms with Gasteiger partial charge in [0.25, 0.3) is 0 Å². The van der Waals surface area contributed by atoms with Gasteiger partial charge >= 0.3 is 6.03 Å². The Morgan fingerprint density at radius 1 is 0.972 bits per heavy atom. The van der Waals surface area contributed by atoms with E-state index < -0.39 is 0 Å². The Morgan fingerprint density at radius 3 is 2.42 bits per heavy atom. The predicted octanol–water partition coefficient (Wildman–Crippen LogP) is 5.18. The Balaban J connectivity index is 1.47. The van der Waals surface area contributed by atoms with Crippen molar-refractivity contribution in [2.75, 3.05) is 31.6 Å². The number of hydrogen-bond donors (Lipinski definition) is 1. The highest BCUT2D eigenvalue weighted by molar-refractivity contribution is 5.92. The zero-order valence-corrected chi connectivity index (χ0v) is 21.1. The molecule has 7 heteroatoms. The number of anilines is 1. The minimum absolute atomic E-state index is 0.0357. The Labute approximate surface area is 213 Å². The molecule has 4 rings (SSSR count). The number of carbonyl (C=O) groups excluding carboxylic acids is 2. The van der Waals surface area contributed by atoms with E-state index in [2.05, 4.69) is 17.4 Å². The van der Waals surface area contributed by atoms with Crippen molar-refractivity contribution in [1.29, 1.82) is 0 Å². The number of aryl methyl sites for hydroxylation is 2. The largest absolute Gasteiger partial charge is 0.464 e. The van der Waals surface area contributed by atoms with Crippen molar-refractivity contribution >= 4 is 17.6 Å². The molecule has 0 radical (unpaired) electrons. The van der Waals surface area contributed by atoms with E-state index in [1.54, 1.807) is 9.80 Å². The first kappa shape index (κ1) is 25.5. The van der Waals surface area contributed by atoms with Crippen molar-refractivity contribution in [3.05, 3.63) is 89.4 Å². The maximum atomic E-state index is 13.6. The minimum Gasteiger partial charge on any atom is -0.464 e. The molecular formula is C29H35N3O4. The Kier molecular flexibility index (Phi) is 8.79. The van der Waals surface area contributed by atoms with E-state index in [1.165, 1.54) is 0 Å². The minimum atomic E-state index is -0.306. The number of benzene rings is 2. The second-order valence-corrected chi connectivity index (χ2v) is 9.37. The van der Waals surface area contributed by atoms with E-state index in [0.717, 1.165) is 35.5 Å². The van der Waals surface area contributed by atoms with Crippen LogP contribution in [0.25, 0.3) is 0 Å². The van der Waals surface area contributed by atoms with E-state index in [0.29, 0.717) is 38.3 Å². The average Bonchev–Trinajstić information content (AvgIpc) is 3.54. The summed E-state index contributed by atoms with van der Waals surface area (Å²) in [6.07, 6.45) is 2.50. The second-order valence-electron chi connectivity index (χ2n) is 9.37. The van der Waals surface area contributed by atoms with Crippen LogP contribution in [0.1, 0.15) is 35.5 Å². The third-order valence-electron chi connectivity index (χ3n) is 6.37. The third-order valence-corrected chi connectivity index (χ3v) is 6.37. The lowest BCUT2D eigenvalue weighted by Gasteiger charge is -2.29. The summed E-state index contributed by atoms with van der Waals surface area (Å²) in [6.45, 7) is 5.79. The van der Waals surface area contributed by atoms with Crippen LogP contribution in [0.4, 0.5) is 10.5 Å². The smallest absolute Gasteiger partial charge is 0.322 e. The highest BCUT2D eigenvalue weighted by Crippen LogP contribution is 2.17. The fourth-order valence-corrected chi connectivity index (χ4v) is 4.31. The van der Waals surface area contributed by atoms with Crippen LogP contribution in [-0.4, -0.2) is 54.1 Å². The van der Waals surface area contributed by atoms with Crippen LogP contribution in [0.3, 0.4) is 0 Å². The van der Waals surface area contributed by atoms with Crippen molar-refractivity contribution < 1.29 is 18.7 Å². The molecule has 1 aromatic heterocycles. The van der Waals surface area contributed by atoms with Gasteiger partial charge in [-0.25, -0.2) is 4.79 Å². The zero-order valence-electron chi connectivity index (χ0n) is 21.1. The molecule has 1 aliphatic rings. The molecule has 1 aliphatic heterocycles. The molecule has 0 saturated carbocycles. The summed E-state index contributed by atoms with van der Waals surface area (Å²) in [5.41, 5.74) is 2.96. The molecule has 3 amide bonds. The van der Waals surface area contributed by atoms with E-state index in [-0.39, 0.29) is 24.6 Å². The van der Waals surface area contributed by atoms with Crippen molar-refractivity contribution in [1.82, 2.24) is 9.80 Å². The summed E-state index contributed by atoms with van der Waals surface area (Å²) < 4.78 is 11.5. The van der Waals surface area contributed by atoms with Crippen LogP contribution in [0, 0.1) is 13.8 Å². The molecule has 1 unspecified atom stereocenters. The van der Waals surface area contributed by atoms with Gasteiger partial charge in [-0.1, -0.05) is 48.0 Å². The molecule has 2 heterocycles. The first-order chi connectivity index (χ1) is 17.5. The first-order valence-corrected chi connectivity index (χ1v) is 12.6. The number of rotatable bonds is 10. The molecule has 1 N–H and O–H groups in total. The Morgan fingerprint density at radius 2 is 1.75 bits per heavy atom. The molecule has 2 aromatic carbocycles. The van der Waals surface area contributed by atoms with Gasteiger partial charge in [-0.05, 0) is 62.9 Å². The summed E-state index contributed by atoms with van der Waals surface area (Å²) in [5.74, 6) is 1.40. The number of ether oxygens (including phenoxy) is 1. The monoisotopic (exact) mass is 489 g/mol. The third kappa shape index (κ3) is 7.46. The standard InChI is InChI=1S/C29H35N3O4/c1-22-10-13-25(14-11-22)30-29(34)32(19-26-9-6-18-35-26)21-28(33)31(20-27-15-12-23(2)36-27)17-16-24-7-4-3-5-8-24/h3-5,7-8,10-15,26H,6,9,16-21H2,1-2H3,(H,30,34). The van der Waals surface area contributed by atoms with Crippen LogP contribution < -0.4 is 5.32 Å². The van der Waals surface area contributed by atoms with Crippen molar-refractivity contribution in [2.45, 2.75) is 45.8 Å². The van der Waals surface area contributed by atoms with Gasteiger partial charge < -0.3 is 24.3 Å². The number of nitrogens with zero attached hydrogens (tertiary/aromatic N) is 2. The van der Waals surface area contributed by atoms with Crippen molar-refractivity contribution in [3.8, 4) is 0 Å². The highest BCUT2D eigenvalue weighted by Gasteiger charge is 2.27. The Hall–Kier alpha value is -3.58. The summed E-state index contributed by atoms with van der Waals surface area (Å²) >= 11 is 0. The van der Waals surface area contributed by atoms with Gasteiger partial charge in [0, 0.05) is 25.4 Å². The normalized spacial score (nSPS) is 15.0. The van der Waals surface area contributed by atoms with Crippen LogP contribution >= 0.6 is 0 Å². The van der Waals surface area contributed by atoms with Gasteiger partial charge in [-0.3, -0.25) is 4.79 Å². The summed E-state index contributed by atoms with van der Waals surface area (Å²) in [5, 5.41) is 2.94. The molecule has 0 aliphatic carbocycles. The number of hydrogen-bond acceptors (Lipinski definition) is 4. The summed E-state index contributed by atoms with van der Waals surface area (Å²) in [6, 6.07) is 21.2.